The Kier molecular flexibility index (Phi) is 6.71. The van der Waals surface area contributed by atoms with Crippen LogP contribution in [0, 0.1) is 13.8 Å². The number of hydrogen-bond donors (Lipinski definition) is 1. The zero-order chi connectivity index (χ0) is 21.0. The molecule has 2 aromatic carbocycles. The van der Waals surface area contributed by atoms with Crippen LogP contribution in [0.1, 0.15) is 28.4 Å². The number of nitrogens with zero attached hydrogens (tertiary/aromatic N) is 1. The van der Waals surface area contributed by atoms with Crippen LogP contribution in [0.25, 0.3) is 11.3 Å². The SMILES string of the molecule is COC(=O)C(C)Sc1ccccc1C(=O)Nc1nc(-c2ccc(C)c(C)c2)cs1. The quantitative estimate of drug-likeness (QED) is 0.426. The van der Waals surface area contributed by atoms with Gasteiger partial charge in [0.2, 0.25) is 0 Å². The van der Waals surface area contributed by atoms with Gasteiger partial charge in [-0.3, -0.25) is 14.9 Å². The van der Waals surface area contributed by atoms with Crippen LogP contribution in [0.3, 0.4) is 0 Å². The van der Waals surface area contributed by atoms with E-state index in [1.807, 2.05) is 23.6 Å². The fraction of sp³-hybridized carbons (Fsp3) is 0.227. The lowest BCUT2D eigenvalue weighted by molar-refractivity contribution is -0.139. The van der Waals surface area contributed by atoms with E-state index in [1.165, 1.54) is 41.3 Å². The summed E-state index contributed by atoms with van der Waals surface area (Å²) in [6.45, 7) is 5.89. The van der Waals surface area contributed by atoms with Gasteiger partial charge >= 0.3 is 5.97 Å². The average molecular weight is 427 g/mol. The number of benzene rings is 2. The highest BCUT2D eigenvalue weighted by Gasteiger charge is 2.19. The second kappa shape index (κ2) is 9.24. The summed E-state index contributed by atoms with van der Waals surface area (Å²) in [4.78, 5) is 29.8. The summed E-state index contributed by atoms with van der Waals surface area (Å²) in [6, 6.07) is 13.4. The van der Waals surface area contributed by atoms with E-state index in [2.05, 4.69) is 36.3 Å². The van der Waals surface area contributed by atoms with Gasteiger partial charge in [0.15, 0.2) is 5.13 Å². The number of anilines is 1. The normalized spacial score (nSPS) is 11.7. The van der Waals surface area contributed by atoms with Gasteiger partial charge in [-0.1, -0.05) is 24.3 Å². The number of carbonyl (C=O) groups is 2. The molecule has 0 bridgehead atoms. The van der Waals surface area contributed by atoms with Crippen LogP contribution in [0.15, 0.2) is 52.7 Å². The second-order valence-corrected chi connectivity index (χ2v) is 8.81. The molecule has 7 heteroatoms. The van der Waals surface area contributed by atoms with Crippen molar-refractivity contribution in [2.45, 2.75) is 30.9 Å². The summed E-state index contributed by atoms with van der Waals surface area (Å²) in [5.41, 5.74) is 4.78. The van der Waals surface area contributed by atoms with Crippen LogP contribution in [0.4, 0.5) is 5.13 Å². The Morgan fingerprint density at radius 1 is 1.14 bits per heavy atom. The summed E-state index contributed by atoms with van der Waals surface area (Å²) in [6.07, 6.45) is 0. The number of ether oxygens (including phenoxy) is 1. The van der Waals surface area contributed by atoms with Crippen molar-refractivity contribution < 1.29 is 14.3 Å². The minimum Gasteiger partial charge on any atom is -0.468 e. The third-order valence-electron chi connectivity index (χ3n) is 4.50. The summed E-state index contributed by atoms with van der Waals surface area (Å²) in [5.74, 6) is -0.589. The first-order valence-corrected chi connectivity index (χ1v) is 10.8. The standard InChI is InChI=1S/C22H22N2O3S2/c1-13-9-10-16(11-14(13)2)18-12-28-22(23-18)24-20(25)17-7-5-6-8-19(17)29-15(3)21(26)27-4/h5-12,15H,1-4H3,(H,23,24,25). The molecule has 29 heavy (non-hydrogen) atoms. The molecular formula is C22H22N2O3S2. The number of thiazole rings is 1. The van der Waals surface area contributed by atoms with E-state index in [0.29, 0.717) is 15.6 Å². The van der Waals surface area contributed by atoms with Gasteiger partial charge in [0.25, 0.3) is 5.91 Å². The van der Waals surface area contributed by atoms with Crippen LogP contribution in [0.5, 0.6) is 0 Å². The topological polar surface area (TPSA) is 68.3 Å². The van der Waals surface area contributed by atoms with Gasteiger partial charge in [0.1, 0.15) is 5.25 Å². The molecule has 0 aliphatic rings. The van der Waals surface area contributed by atoms with Crippen LogP contribution in [-0.4, -0.2) is 29.2 Å². The predicted octanol–water partition coefficient (Wildman–Crippen LogP) is 5.33. The van der Waals surface area contributed by atoms with E-state index in [9.17, 15) is 9.59 Å². The van der Waals surface area contributed by atoms with Crippen LogP contribution in [0.2, 0.25) is 0 Å². The van der Waals surface area contributed by atoms with Crippen molar-refractivity contribution in [2.24, 2.45) is 0 Å². The average Bonchev–Trinajstić information content (AvgIpc) is 3.18. The lowest BCUT2D eigenvalue weighted by atomic mass is 10.1. The monoisotopic (exact) mass is 426 g/mol. The molecule has 3 aromatic rings. The molecule has 1 amide bonds. The molecule has 1 heterocycles. The van der Waals surface area contributed by atoms with E-state index in [-0.39, 0.29) is 11.9 Å². The molecule has 0 fully saturated rings. The number of aromatic nitrogens is 1. The molecule has 3 rings (SSSR count). The highest BCUT2D eigenvalue weighted by atomic mass is 32.2. The highest BCUT2D eigenvalue weighted by molar-refractivity contribution is 8.00. The highest BCUT2D eigenvalue weighted by Crippen LogP contribution is 2.30. The summed E-state index contributed by atoms with van der Waals surface area (Å²) >= 11 is 2.68. The Morgan fingerprint density at radius 3 is 2.62 bits per heavy atom. The maximum Gasteiger partial charge on any atom is 0.318 e. The third kappa shape index (κ3) is 5.05. The first kappa shape index (κ1) is 21.1. The first-order valence-electron chi connectivity index (χ1n) is 9.07. The van der Waals surface area contributed by atoms with Gasteiger partial charge < -0.3 is 4.74 Å². The Hall–Kier alpha value is -2.64. The van der Waals surface area contributed by atoms with Crippen LogP contribution >= 0.6 is 23.1 Å². The Labute approximate surface area is 178 Å². The van der Waals surface area contributed by atoms with Crippen molar-refractivity contribution in [2.75, 3.05) is 12.4 Å². The zero-order valence-corrected chi connectivity index (χ0v) is 18.3. The summed E-state index contributed by atoms with van der Waals surface area (Å²) in [5, 5.41) is 4.92. The summed E-state index contributed by atoms with van der Waals surface area (Å²) < 4.78 is 4.77. The number of rotatable bonds is 6. The number of amides is 1. The molecule has 0 saturated heterocycles. The number of thioether (sulfide) groups is 1. The first-order chi connectivity index (χ1) is 13.9. The van der Waals surface area contributed by atoms with Gasteiger partial charge in [0.05, 0.1) is 18.4 Å². The predicted molar refractivity (Wildman–Crippen MR) is 119 cm³/mol. The Morgan fingerprint density at radius 2 is 1.90 bits per heavy atom. The lowest BCUT2D eigenvalue weighted by Gasteiger charge is -2.12. The molecular weight excluding hydrogens is 404 g/mol. The van der Waals surface area contributed by atoms with E-state index in [1.54, 1.807) is 19.1 Å². The molecule has 0 radical (unpaired) electrons. The molecule has 1 unspecified atom stereocenters. The van der Waals surface area contributed by atoms with E-state index < -0.39 is 5.25 Å². The zero-order valence-electron chi connectivity index (χ0n) is 16.7. The molecule has 1 aromatic heterocycles. The molecule has 0 saturated carbocycles. The molecule has 0 aliphatic heterocycles. The smallest absolute Gasteiger partial charge is 0.318 e. The molecule has 1 atom stereocenters. The van der Waals surface area contributed by atoms with Crippen LogP contribution in [-0.2, 0) is 9.53 Å². The van der Waals surface area contributed by atoms with E-state index in [0.717, 1.165) is 11.3 Å². The van der Waals surface area contributed by atoms with E-state index >= 15 is 0 Å². The van der Waals surface area contributed by atoms with Crippen molar-refractivity contribution in [1.82, 2.24) is 4.98 Å². The second-order valence-electron chi connectivity index (χ2n) is 6.57. The number of esters is 1. The Bertz CT molecular complexity index is 1050. The molecule has 5 nitrogen and oxygen atoms in total. The fourth-order valence-corrected chi connectivity index (χ4v) is 4.42. The van der Waals surface area contributed by atoms with Gasteiger partial charge in [-0.25, -0.2) is 4.98 Å². The van der Waals surface area contributed by atoms with E-state index in [4.69, 9.17) is 4.74 Å². The number of aryl methyl sites for hydroxylation is 2. The molecule has 1 N–H and O–H groups in total. The number of methoxy groups -OCH3 is 1. The van der Waals surface area contributed by atoms with Crippen molar-refractivity contribution in [3.63, 3.8) is 0 Å². The molecule has 150 valence electrons. The van der Waals surface area contributed by atoms with Crippen molar-refractivity contribution in [1.29, 1.82) is 0 Å². The fourth-order valence-electron chi connectivity index (χ4n) is 2.69. The van der Waals surface area contributed by atoms with Gasteiger partial charge in [-0.05, 0) is 50.1 Å². The minimum atomic E-state index is -0.412. The van der Waals surface area contributed by atoms with Crippen molar-refractivity contribution >= 4 is 40.1 Å². The maximum absolute atomic E-state index is 12.8. The van der Waals surface area contributed by atoms with Gasteiger partial charge in [0, 0.05) is 15.8 Å². The maximum atomic E-state index is 12.8. The number of hydrogen-bond acceptors (Lipinski definition) is 6. The number of carbonyl (C=O) groups excluding carboxylic acids is 2. The van der Waals surface area contributed by atoms with Gasteiger partial charge in [-0.2, -0.15) is 0 Å². The largest absolute Gasteiger partial charge is 0.468 e. The van der Waals surface area contributed by atoms with Crippen molar-refractivity contribution in [3.8, 4) is 11.3 Å². The van der Waals surface area contributed by atoms with Crippen LogP contribution < -0.4 is 5.32 Å². The summed E-state index contributed by atoms with van der Waals surface area (Å²) in [7, 11) is 1.35. The Balaban J connectivity index is 1.77. The minimum absolute atomic E-state index is 0.258. The third-order valence-corrected chi connectivity index (χ3v) is 6.41. The molecule has 0 aliphatic carbocycles. The number of nitrogens with one attached hydrogen (secondary N) is 1. The van der Waals surface area contributed by atoms with Gasteiger partial charge in [-0.15, -0.1) is 23.1 Å². The molecule has 0 spiro atoms. The lowest BCUT2D eigenvalue weighted by Crippen LogP contribution is -2.17. The van der Waals surface area contributed by atoms with Crippen molar-refractivity contribution in [3.05, 3.63) is 64.5 Å².